The standard InChI is InChI=1S/C23H49O2P.C2HF6NO4S2/c1-5-9-12-15-19-26(20-16-13-10-6-2,21-17-14-11-7-3)22-23(24)25-18-8-4;3-1(4,5)14(10,11)9-15(12,13)2(6,7)8/h26H,5-22H2,1-4H3;9H. The molecule has 1 N–H and O–H groups in total. The molecule has 7 nitrogen and oxygen atoms in total. The molecule has 0 rings (SSSR count). The number of rotatable bonds is 21. The van der Waals surface area contributed by atoms with Gasteiger partial charge in [-0.2, -0.15) is 26.3 Å². The summed E-state index contributed by atoms with van der Waals surface area (Å²) in [6.07, 6.45) is 21.7. The SMILES string of the molecule is CCCCCC[PH](CCCCCC)(CCCCCC)CC(=O)OCCC.O=S(=O)(NS(=O)(=O)C(F)(F)F)C(F)(F)F. The second-order valence-corrected chi connectivity index (χ2v) is 18.8. The van der Waals surface area contributed by atoms with Crippen molar-refractivity contribution in [3.05, 3.63) is 0 Å². The first-order valence-corrected chi connectivity index (χ1v) is 20.2. The van der Waals surface area contributed by atoms with Gasteiger partial charge in [-0.25, -0.2) is 16.8 Å². The van der Waals surface area contributed by atoms with Crippen LogP contribution in [0, 0.1) is 0 Å². The molecule has 0 saturated heterocycles. The van der Waals surface area contributed by atoms with Crippen molar-refractivity contribution >= 4 is 33.3 Å². The molecule has 16 heteroatoms. The monoisotopic (exact) mass is 669 g/mol. The van der Waals surface area contributed by atoms with Gasteiger partial charge in [0.2, 0.25) is 0 Å². The van der Waals surface area contributed by atoms with E-state index in [0.29, 0.717) is 6.61 Å². The zero-order chi connectivity index (χ0) is 32.2. The summed E-state index contributed by atoms with van der Waals surface area (Å²) in [5.74, 6) is 0.111. The van der Waals surface area contributed by atoms with Crippen LogP contribution < -0.4 is 4.13 Å². The number of unbranched alkanes of at least 4 members (excludes halogenated alkanes) is 9. The fraction of sp³-hybridized carbons (Fsp3) is 0.960. The second-order valence-electron chi connectivity index (χ2n) is 10.3. The average Bonchev–Trinajstić information content (AvgIpc) is 2.84. The molecule has 0 saturated carbocycles. The molecule has 0 heterocycles. The van der Waals surface area contributed by atoms with Crippen LogP contribution in [0.25, 0.3) is 0 Å². The number of hydrogen-bond donors (Lipinski definition) is 1. The molecule has 0 aromatic rings. The Hall–Kier alpha value is -0.660. The molecular formula is C25H50F6NO6PS2. The number of carbonyl (C=O) groups is 1. The Kier molecular flexibility index (Phi) is 21.9. The van der Waals surface area contributed by atoms with E-state index in [9.17, 15) is 48.0 Å². The average molecular weight is 670 g/mol. The molecule has 0 unspecified atom stereocenters. The fourth-order valence-electron chi connectivity index (χ4n) is 4.23. The fourth-order valence-corrected chi connectivity index (χ4v) is 11.1. The van der Waals surface area contributed by atoms with Gasteiger partial charge in [0.1, 0.15) is 0 Å². The van der Waals surface area contributed by atoms with Crippen molar-refractivity contribution < 1.29 is 52.7 Å². The summed E-state index contributed by atoms with van der Waals surface area (Å²) in [7, 11) is -14.7. The van der Waals surface area contributed by atoms with E-state index in [-0.39, 0.29) is 5.97 Å². The van der Waals surface area contributed by atoms with E-state index in [1.807, 2.05) is 0 Å². The van der Waals surface area contributed by atoms with E-state index in [1.165, 1.54) is 95.5 Å². The summed E-state index contributed by atoms with van der Waals surface area (Å²) in [6.45, 7) is 9.52. The minimum absolute atomic E-state index is 0.111. The smallest absolute Gasteiger partial charge is 0.202 e. The summed E-state index contributed by atoms with van der Waals surface area (Å²) >= 11 is 0. The zero-order valence-electron chi connectivity index (χ0n) is 24.8. The van der Waals surface area contributed by atoms with Crippen LogP contribution in [0.5, 0.6) is 0 Å². The Morgan fingerprint density at radius 3 is 1.22 bits per heavy atom. The van der Waals surface area contributed by atoms with Crippen LogP contribution in [0.4, 0.5) is 26.3 Å². The number of carbonyl (C=O) groups excluding carboxylic acids is 1. The molecular weight excluding hydrogens is 619 g/mol. The Balaban J connectivity index is 0. The van der Waals surface area contributed by atoms with Crippen LogP contribution in [0.3, 0.4) is 0 Å². The molecule has 0 bridgehead atoms. The molecule has 0 radical (unpaired) electrons. The third-order valence-corrected chi connectivity index (χ3v) is 14.8. The molecule has 0 aromatic heterocycles. The first kappa shape index (κ1) is 42.5. The molecule has 0 aliphatic heterocycles. The minimum atomic E-state index is -6.60. The molecule has 0 atom stereocenters. The topological polar surface area (TPSA) is 107 Å². The molecule has 41 heavy (non-hydrogen) atoms. The Morgan fingerprint density at radius 1 is 0.610 bits per heavy atom. The van der Waals surface area contributed by atoms with Crippen molar-refractivity contribution in [2.75, 3.05) is 31.3 Å². The number of alkyl halides is 6. The van der Waals surface area contributed by atoms with E-state index < -0.39 is 42.5 Å². The number of hydrogen-bond acceptors (Lipinski definition) is 6. The molecule has 0 aliphatic rings. The molecule has 250 valence electrons. The van der Waals surface area contributed by atoms with Crippen molar-refractivity contribution in [3.63, 3.8) is 0 Å². The van der Waals surface area contributed by atoms with Crippen molar-refractivity contribution in [2.45, 2.75) is 122 Å². The summed E-state index contributed by atoms with van der Waals surface area (Å²) in [5, 5.41) is 0. The van der Waals surface area contributed by atoms with Crippen LogP contribution in [0.2, 0.25) is 0 Å². The van der Waals surface area contributed by atoms with Crippen molar-refractivity contribution in [1.29, 1.82) is 0 Å². The number of esters is 1. The summed E-state index contributed by atoms with van der Waals surface area (Å²) < 4.78 is 114. The molecule has 0 fully saturated rings. The van der Waals surface area contributed by atoms with E-state index in [2.05, 4.69) is 27.7 Å². The summed E-state index contributed by atoms with van der Waals surface area (Å²) in [4.78, 5) is 12.5. The maximum atomic E-state index is 12.5. The van der Waals surface area contributed by atoms with Crippen LogP contribution in [0.15, 0.2) is 0 Å². The minimum Gasteiger partial charge on any atom is -0.202 e. The predicted molar refractivity (Wildman–Crippen MR) is 155 cm³/mol. The van der Waals surface area contributed by atoms with E-state index in [4.69, 9.17) is 4.74 Å². The van der Waals surface area contributed by atoms with E-state index >= 15 is 0 Å². The first-order chi connectivity index (χ1) is 18.8. The second kappa shape index (κ2) is 21.1. The molecule has 0 aromatic carbocycles. The van der Waals surface area contributed by atoms with Crippen molar-refractivity contribution in [2.24, 2.45) is 0 Å². The molecule has 0 spiro atoms. The Labute approximate surface area is 243 Å². The van der Waals surface area contributed by atoms with Crippen molar-refractivity contribution in [3.8, 4) is 0 Å². The van der Waals surface area contributed by atoms with Crippen LogP contribution >= 0.6 is 7.26 Å². The van der Waals surface area contributed by atoms with Gasteiger partial charge in [0.25, 0.3) is 0 Å². The Bertz CT molecular complexity index is 839. The van der Waals surface area contributed by atoms with Gasteiger partial charge < -0.3 is 0 Å². The van der Waals surface area contributed by atoms with Gasteiger partial charge in [-0.05, 0) is 0 Å². The van der Waals surface area contributed by atoms with Crippen molar-refractivity contribution in [1.82, 2.24) is 4.13 Å². The number of sulfonamides is 2. The van der Waals surface area contributed by atoms with Gasteiger partial charge in [-0.3, -0.25) is 0 Å². The predicted octanol–water partition coefficient (Wildman–Crippen LogP) is 7.71. The van der Waals surface area contributed by atoms with Gasteiger partial charge >= 0.3 is 196 Å². The van der Waals surface area contributed by atoms with Gasteiger partial charge in [-0.15, -0.1) is 0 Å². The Morgan fingerprint density at radius 2 is 0.951 bits per heavy atom. The summed E-state index contributed by atoms with van der Waals surface area (Å²) in [5.41, 5.74) is -12.3. The third-order valence-electron chi connectivity index (χ3n) is 6.50. The van der Waals surface area contributed by atoms with Crippen LogP contribution in [-0.2, 0) is 29.6 Å². The number of nitrogens with one attached hydrogen (secondary N) is 1. The first-order valence-electron chi connectivity index (χ1n) is 14.4. The van der Waals surface area contributed by atoms with Crippen LogP contribution in [0.1, 0.15) is 111 Å². The molecule has 0 aliphatic carbocycles. The third kappa shape index (κ3) is 19.3. The number of ether oxygens (including phenoxy) is 1. The van der Waals surface area contributed by atoms with Gasteiger partial charge in [0.15, 0.2) is 0 Å². The maximum absolute atomic E-state index is 12.5. The van der Waals surface area contributed by atoms with Gasteiger partial charge in [0.05, 0.1) is 0 Å². The maximum Gasteiger partial charge on any atom is 0.512 e. The van der Waals surface area contributed by atoms with Gasteiger partial charge in [0, 0.05) is 0 Å². The zero-order valence-corrected chi connectivity index (χ0v) is 27.4. The molecule has 0 amide bonds. The van der Waals surface area contributed by atoms with E-state index in [1.54, 1.807) is 0 Å². The largest absolute Gasteiger partial charge is 0.512 e. The quantitative estimate of drug-likeness (QED) is 0.0581. The summed E-state index contributed by atoms with van der Waals surface area (Å²) in [6, 6.07) is 0. The van der Waals surface area contributed by atoms with E-state index in [0.717, 1.165) is 12.6 Å². The van der Waals surface area contributed by atoms with Gasteiger partial charge in [-0.1, -0.05) is 4.13 Å². The normalized spacial score (nSPS) is 13.4. The van der Waals surface area contributed by atoms with Crippen LogP contribution in [-0.4, -0.2) is 65.1 Å². The number of halogens is 6.